The normalized spacial score (nSPS) is 11.6. The number of aryl methyl sites for hydroxylation is 1. The molecule has 0 aliphatic rings. The molecule has 16 heavy (non-hydrogen) atoms. The Morgan fingerprint density at radius 1 is 1.44 bits per heavy atom. The smallest absolute Gasteiger partial charge is 0.368 e. The van der Waals surface area contributed by atoms with Gasteiger partial charge in [0.15, 0.2) is 0 Å². The summed E-state index contributed by atoms with van der Waals surface area (Å²) in [6.45, 7) is 1.57. The first-order valence-electron chi connectivity index (χ1n) is 4.66. The van der Waals surface area contributed by atoms with Crippen molar-refractivity contribution in [2.45, 2.75) is 19.5 Å². The molecule has 1 heterocycles. The highest BCUT2D eigenvalue weighted by Gasteiger charge is 2.27. The Labute approximate surface area is 91.3 Å². The Bertz CT molecular complexity index is 364. The molecule has 7 heteroatoms. The first-order valence-corrected chi connectivity index (χ1v) is 4.66. The highest BCUT2D eigenvalue weighted by molar-refractivity contribution is 5.47. The molecule has 4 nitrogen and oxygen atoms in total. The molecule has 0 amide bonds. The van der Waals surface area contributed by atoms with Crippen LogP contribution in [0.3, 0.4) is 0 Å². The summed E-state index contributed by atoms with van der Waals surface area (Å²) in [4.78, 5) is 9.06. The van der Waals surface area contributed by atoms with Gasteiger partial charge in [-0.2, -0.15) is 18.2 Å². The van der Waals surface area contributed by atoms with Crippen LogP contribution >= 0.6 is 0 Å². The average Bonchev–Trinajstić information content (AvgIpc) is 2.17. The zero-order chi connectivity index (χ0) is 12.3. The van der Waals surface area contributed by atoms with Gasteiger partial charge in [-0.3, -0.25) is 0 Å². The maximum absolute atomic E-state index is 12.0. The highest BCUT2D eigenvalue weighted by Crippen LogP contribution is 2.22. The van der Waals surface area contributed by atoms with E-state index >= 15 is 0 Å². The van der Waals surface area contributed by atoms with Crippen LogP contribution in [-0.2, 0) is 0 Å². The number of nitrogen functional groups attached to an aromatic ring is 1. The lowest BCUT2D eigenvalue weighted by Gasteiger charge is -2.20. The molecule has 1 aromatic heterocycles. The fourth-order valence-corrected chi connectivity index (χ4v) is 1.23. The van der Waals surface area contributed by atoms with Crippen molar-refractivity contribution in [2.24, 2.45) is 0 Å². The number of hydrogen-bond donors (Lipinski definition) is 1. The van der Waals surface area contributed by atoms with E-state index in [1.54, 1.807) is 14.0 Å². The Morgan fingerprint density at radius 3 is 2.62 bits per heavy atom. The largest absolute Gasteiger partial charge is 0.390 e. The van der Waals surface area contributed by atoms with Crippen molar-refractivity contribution in [1.29, 1.82) is 0 Å². The zero-order valence-electron chi connectivity index (χ0n) is 9.04. The SMILES string of the molecule is Cc1cnc(N)nc1N(C)CCC(F)(F)F. The molecular weight excluding hydrogens is 221 g/mol. The van der Waals surface area contributed by atoms with Gasteiger partial charge in [0.05, 0.1) is 6.42 Å². The molecule has 2 N–H and O–H groups in total. The third-order valence-corrected chi connectivity index (χ3v) is 2.06. The number of anilines is 2. The van der Waals surface area contributed by atoms with Crippen LogP contribution in [0.1, 0.15) is 12.0 Å². The van der Waals surface area contributed by atoms with Gasteiger partial charge < -0.3 is 10.6 Å². The number of nitrogens with two attached hydrogens (primary N) is 1. The summed E-state index contributed by atoms with van der Waals surface area (Å²) in [5, 5.41) is 0. The number of alkyl halides is 3. The number of aromatic nitrogens is 2. The predicted molar refractivity (Wildman–Crippen MR) is 55.1 cm³/mol. The molecule has 0 aromatic carbocycles. The number of rotatable bonds is 3. The maximum Gasteiger partial charge on any atom is 0.390 e. The van der Waals surface area contributed by atoms with Crippen LogP contribution in [0, 0.1) is 6.92 Å². The van der Waals surface area contributed by atoms with Crippen molar-refractivity contribution < 1.29 is 13.2 Å². The van der Waals surface area contributed by atoms with Crippen molar-refractivity contribution in [3.05, 3.63) is 11.8 Å². The van der Waals surface area contributed by atoms with E-state index in [0.717, 1.165) is 0 Å². The zero-order valence-corrected chi connectivity index (χ0v) is 9.04. The van der Waals surface area contributed by atoms with E-state index in [2.05, 4.69) is 9.97 Å². The maximum atomic E-state index is 12.0. The van der Waals surface area contributed by atoms with Gasteiger partial charge in [-0.15, -0.1) is 0 Å². The third kappa shape index (κ3) is 3.56. The van der Waals surface area contributed by atoms with Gasteiger partial charge in [-0.25, -0.2) is 4.98 Å². The molecule has 0 saturated heterocycles. The van der Waals surface area contributed by atoms with Gasteiger partial charge in [0, 0.05) is 25.4 Å². The fourth-order valence-electron chi connectivity index (χ4n) is 1.23. The molecule has 0 radical (unpaired) electrons. The molecule has 90 valence electrons. The Kier molecular flexibility index (Phi) is 3.56. The second-order valence-electron chi connectivity index (χ2n) is 3.52. The molecule has 0 aliphatic carbocycles. The second kappa shape index (κ2) is 4.54. The van der Waals surface area contributed by atoms with E-state index in [0.29, 0.717) is 11.4 Å². The van der Waals surface area contributed by atoms with Crippen LogP contribution in [0.15, 0.2) is 6.20 Å². The van der Waals surface area contributed by atoms with Gasteiger partial charge >= 0.3 is 6.18 Å². The summed E-state index contributed by atoms with van der Waals surface area (Å²) in [7, 11) is 1.54. The van der Waals surface area contributed by atoms with E-state index in [1.165, 1.54) is 11.1 Å². The van der Waals surface area contributed by atoms with Crippen LogP contribution in [-0.4, -0.2) is 29.7 Å². The molecule has 0 bridgehead atoms. The molecule has 0 atom stereocenters. The third-order valence-electron chi connectivity index (χ3n) is 2.06. The van der Waals surface area contributed by atoms with E-state index in [1.807, 2.05) is 0 Å². The van der Waals surface area contributed by atoms with E-state index in [4.69, 9.17) is 5.73 Å². The topological polar surface area (TPSA) is 55.0 Å². The first kappa shape index (κ1) is 12.5. The Balaban J connectivity index is 2.73. The summed E-state index contributed by atoms with van der Waals surface area (Å²) in [6, 6.07) is 0. The Morgan fingerprint density at radius 2 is 2.06 bits per heavy atom. The van der Waals surface area contributed by atoms with Gasteiger partial charge in [0.2, 0.25) is 5.95 Å². The summed E-state index contributed by atoms with van der Waals surface area (Å²) in [5.74, 6) is 0.483. The molecule has 0 fully saturated rings. The standard InChI is InChI=1S/C9H13F3N4/c1-6-5-14-8(13)15-7(6)16(2)4-3-9(10,11)12/h5H,3-4H2,1-2H3,(H2,13,14,15). The van der Waals surface area contributed by atoms with Crippen LogP contribution in [0.5, 0.6) is 0 Å². The lowest BCUT2D eigenvalue weighted by molar-refractivity contribution is -0.132. The number of hydrogen-bond acceptors (Lipinski definition) is 4. The lowest BCUT2D eigenvalue weighted by Crippen LogP contribution is -2.25. The summed E-state index contributed by atoms with van der Waals surface area (Å²) >= 11 is 0. The lowest BCUT2D eigenvalue weighted by atomic mass is 10.3. The van der Waals surface area contributed by atoms with E-state index in [-0.39, 0.29) is 12.5 Å². The minimum absolute atomic E-state index is 0.0551. The van der Waals surface area contributed by atoms with Crippen LogP contribution in [0.2, 0.25) is 0 Å². The molecule has 1 rings (SSSR count). The molecular formula is C9H13F3N4. The highest BCUT2D eigenvalue weighted by atomic mass is 19.4. The van der Waals surface area contributed by atoms with Crippen molar-refractivity contribution >= 4 is 11.8 Å². The van der Waals surface area contributed by atoms with Crippen molar-refractivity contribution in [1.82, 2.24) is 9.97 Å². The second-order valence-corrected chi connectivity index (χ2v) is 3.52. The van der Waals surface area contributed by atoms with Crippen molar-refractivity contribution in [3.63, 3.8) is 0 Å². The van der Waals surface area contributed by atoms with Crippen LogP contribution in [0.25, 0.3) is 0 Å². The molecule has 0 saturated carbocycles. The quantitative estimate of drug-likeness (QED) is 0.865. The minimum Gasteiger partial charge on any atom is -0.368 e. The monoisotopic (exact) mass is 234 g/mol. The van der Waals surface area contributed by atoms with Crippen molar-refractivity contribution in [2.75, 3.05) is 24.2 Å². The number of nitrogens with zero attached hydrogens (tertiary/aromatic N) is 3. The number of halogens is 3. The van der Waals surface area contributed by atoms with E-state index in [9.17, 15) is 13.2 Å². The molecule has 1 aromatic rings. The van der Waals surface area contributed by atoms with Gasteiger partial charge in [-0.05, 0) is 6.92 Å². The summed E-state index contributed by atoms with van der Waals surface area (Å²) in [6.07, 6.45) is -3.56. The van der Waals surface area contributed by atoms with Gasteiger partial charge in [-0.1, -0.05) is 0 Å². The summed E-state index contributed by atoms with van der Waals surface area (Å²) < 4.78 is 36.1. The molecule has 0 unspecified atom stereocenters. The van der Waals surface area contributed by atoms with Gasteiger partial charge in [0.25, 0.3) is 0 Å². The average molecular weight is 234 g/mol. The van der Waals surface area contributed by atoms with Crippen LogP contribution < -0.4 is 10.6 Å². The Hall–Kier alpha value is -1.53. The summed E-state index contributed by atoms with van der Waals surface area (Å²) in [5.41, 5.74) is 6.07. The van der Waals surface area contributed by atoms with Crippen LogP contribution in [0.4, 0.5) is 24.9 Å². The van der Waals surface area contributed by atoms with Crippen molar-refractivity contribution in [3.8, 4) is 0 Å². The molecule has 0 spiro atoms. The van der Waals surface area contributed by atoms with Gasteiger partial charge in [0.1, 0.15) is 5.82 Å². The fraction of sp³-hybridized carbons (Fsp3) is 0.556. The molecule has 0 aliphatic heterocycles. The predicted octanol–water partition coefficient (Wildman–Crippen LogP) is 1.76. The minimum atomic E-state index is -4.17. The first-order chi connectivity index (χ1) is 7.29. The van der Waals surface area contributed by atoms with E-state index < -0.39 is 12.6 Å².